The highest BCUT2D eigenvalue weighted by molar-refractivity contribution is 5.50. The summed E-state index contributed by atoms with van der Waals surface area (Å²) in [6, 6.07) is 6.89. The summed E-state index contributed by atoms with van der Waals surface area (Å²) in [6.45, 7) is 4.22. The summed E-state index contributed by atoms with van der Waals surface area (Å²) in [4.78, 5) is 10.2. The average Bonchev–Trinajstić information content (AvgIpc) is 2.34. The summed E-state index contributed by atoms with van der Waals surface area (Å²) in [6.07, 6.45) is 0.751. The van der Waals surface area contributed by atoms with Crippen molar-refractivity contribution in [1.82, 2.24) is 5.32 Å². The highest BCUT2D eigenvalue weighted by Gasteiger charge is 2.16. The molecule has 0 saturated heterocycles. The van der Waals surface area contributed by atoms with Gasteiger partial charge in [0.25, 0.3) is 5.69 Å². The predicted octanol–water partition coefficient (Wildman–Crippen LogP) is 2.25. The Morgan fingerprint density at radius 1 is 1.50 bits per heavy atom. The second-order valence-corrected chi connectivity index (χ2v) is 4.56. The Bertz CT molecular complexity index is 478. The van der Waals surface area contributed by atoms with Crippen LogP contribution in [0.1, 0.15) is 25.0 Å². The van der Waals surface area contributed by atoms with Gasteiger partial charge in [-0.15, -0.1) is 0 Å². The van der Waals surface area contributed by atoms with Crippen LogP contribution in [-0.2, 0) is 6.42 Å². The zero-order chi connectivity index (χ0) is 13.7. The van der Waals surface area contributed by atoms with Crippen molar-refractivity contribution in [3.8, 4) is 6.07 Å². The van der Waals surface area contributed by atoms with E-state index in [1.54, 1.807) is 12.1 Å². The van der Waals surface area contributed by atoms with E-state index in [-0.39, 0.29) is 17.3 Å². The minimum atomic E-state index is -0.527. The number of nitrogens with one attached hydrogen (secondary N) is 1. The van der Waals surface area contributed by atoms with Crippen molar-refractivity contribution >= 4 is 5.69 Å². The van der Waals surface area contributed by atoms with E-state index < -0.39 is 4.92 Å². The Morgan fingerprint density at radius 2 is 2.17 bits per heavy atom. The van der Waals surface area contributed by atoms with Gasteiger partial charge in [-0.1, -0.05) is 19.9 Å². The van der Waals surface area contributed by atoms with Crippen molar-refractivity contribution in [3.05, 3.63) is 39.4 Å². The Hall–Kier alpha value is -1.93. The van der Waals surface area contributed by atoms with Crippen molar-refractivity contribution in [2.24, 2.45) is 5.92 Å². The van der Waals surface area contributed by atoms with Gasteiger partial charge >= 0.3 is 0 Å². The molecular formula is C13H17N3O2. The molecule has 18 heavy (non-hydrogen) atoms. The van der Waals surface area contributed by atoms with E-state index in [1.165, 1.54) is 6.07 Å². The Morgan fingerprint density at radius 3 is 2.61 bits per heavy atom. The molecule has 1 aromatic carbocycles. The Labute approximate surface area is 107 Å². The average molecular weight is 247 g/mol. The van der Waals surface area contributed by atoms with Gasteiger partial charge < -0.3 is 5.32 Å². The van der Waals surface area contributed by atoms with E-state index in [1.807, 2.05) is 13.1 Å². The lowest BCUT2D eigenvalue weighted by atomic mass is 9.95. The molecule has 5 heteroatoms. The molecule has 1 N–H and O–H groups in total. The normalized spacial score (nSPS) is 12.2. The van der Waals surface area contributed by atoms with Crippen LogP contribution in [0, 0.1) is 27.4 Å². The lowest BCUT2D eigenvalue weighted by molar-refractivity contribution is -0.385. The summed E-state index contributed by atoms with van der Waals surface area (Å²) in [5.41, 5.74) is 0.924. The maximum absolute atomic E-state index is 10.7. The zero-order valence-electron chi connectivity index (χ0n) is 10.8. The van der Waals surface area contributed by atoms with Crippen LogP contribution >= 0.6 is 0 Å². The number of hydrogen-bond acceptors (Lipinski definition) is 4. The standard InChI is InChI=1S/C13H17N3O2/c1-9(2)12(15-3)7-10-4-5-13(16(17)18)11(6-10)8-14/h4-6,9,12,15H,7H2,1-3H3. The van der Waals surface area contributed by atoms with Crippen LogP contribution < -0.4 is 5.32 Å². The third kappa shape index (κ3) is 3.28. The molecule has 0 spiro atoms. The first-order chi connectivity index (χ1) is 8.49. The molecule has 1 rings (SSSR count). The van der Waals surface area contributed by atoms with Gasteiger partial charge in [0.05, 0.1) is 4.92 Å². The first kappa shape index (κ1) is 14.1. The predicted molar refractivity (Wildman–Crippen MR) is 69.2 cm³/mol. The number of nitro benzene ring substituents is 1. The smallest absolute Gasteiger partial charge is 0.287 e. The van der Waals surface area contributed by atoms with E-state index in [9.17, 15) is 10.1 Å². The quantitative estimate of drug-likeness (QED) is 0.639. The molecule has 5 nitrogen and oxygen atoms in total. The van der Waals surface area contributed by atoms with Gasteiger partial charge in [0.2, 0.25) is 0 Å². The summed E-state index contributed by atoms with van der Waals surface area (Å²) in [7, 11) is 1.89. The van der Waals surface area contributed by atoms with Crippen LogP contribution in [0.5, 0.6) is 0 Å². The highest BCUT2D eigenvalue weighted by Crippen LogP contribution is 2.20. The third-order valence-electron chi connectivity index (χ3n) is 3.01. The van der Waals surface area contributed by atoms with Gasteiger partial charge in [0, 0.05) is 12.1 Å². The van der Waals surface area contributed by atoms with Crippen LogP contribution in [0.2, 0.25) is 0 Å². The summed E-state index contributed by atoms with van der Waals surface area (Å²) < 4.78 is 0. The van der Waals surface area contributed by atoms with Crippen LogP contribution in [-0.4, -0.2) is 18.0 Å². The van der Waals surface area contributed by atoms with E-state index in [0.717, 1.165) is 12.0 Å². The lowest BCUT2D eigenvalue weighted by Crippen LogP contribution is -2.32. The monoisotopic (exact) mass is 247 g/mol. The number of rotatable bonds is 5. The molecule has 0 aromatic heterocycles. The molecule has 1 aromatic rings. The van der Waals surface area contributed by atoms with E-state index in [2.05, 4.69) is 19.2 Å². The largest absolute Gasteiger partial charge is 0.316 e. The molecule has 0 saturated carbocycles. The highest BCUT2D eigenvalue weighted by atomic mass is 16.6. The maximum Gasteiger partial charge on any atom is 0.287 e. The molecule has 1 atom stereocenters. The van der Waals surface area contributed by atoms with Crippen molar-refractivity contribution < 1.29 is 4.92 Å². The molecule has 0 amide bonds. The molecule has 0 heterocycles. The van der Waals surface area contributed by atoms with Crippen LogP contribution in [0.3, 0.4) is 0 Å². The second kappa shape index (κ2) is 6.12. The minimum Gasteiger partial charge on any atom is -0.316 e. The fourth-order valence-electron chi connectivity index (χ4n) is 1.88. The second-order valence-electron chi connectivity index (χ2n) is 4.56. The van der Waals surface area contributed by atoms with E-state index in [4.69, 9.17) is 5.26 Å². The van der Waals surface area contributed by atoms with Crippen LogP contribution in [0.15, 0.2) is 18.2 Å². The molecule has 0 aliphatic carbocycles. The number of nitro groups is 1. The Balaban J connectivity index is 3.00. The fourth-order valence-corrected chi connectivity index (χ4v) is 1.88. The van der Waals surface area contributed by atoms with E-state index in [0.29, 0.717) is 5.92 Å². The molecule has 0 aliphatic heterocycles. The van der Waals surface area contributed by atoms with Crippen molar-refractivity contribution in [2.75, 3.05) is 7.05 Å². The fraction of sp³-hybridized carbons (Fsp3) is 0.462. The Kier molecular flexibility index (Phi) is 4.81. The first-order valence-electron chi connectivity index (χ1n) is 5.84. The summed E-state index contributed by atoms with van der Waals surface area (Å²) in [5, 5.41) is 22.9. The van der Waals surface area contributed by atoms with Crippen molar-refractivity contribution in [2.45, 2.75) is 26.3 Å². The number of benzene rings is 1. The minimum absolute atomic E-state index is 0.121. The van der Waals surface area contributed by atoms with E-state index >= 15 is 0 Å². The van der Waals surface area contributed by atoms with Gasteiger partial charge in [0.1, 0.15) is 11.6 Å². The topological polar surface area (TPSA) is 79.0 Å². The third-order valence-corrected chi connectivity index (χ3v) is 3.01. The maximum atomic E-state index is 10.7. The molecule has 0 bridgehead atoms. The number of nitrogens with zero attached hydrogens (tertiary/aromatic N) is 2. The zero-order valence-corrected chi connectivity index (χ0v) is 10.8. The van der Waals surface area contributed by atoms with Crippen molar-refractivity contribution in [3.63, 3.8) is 0 Å². The van der Waals surface area contributed by atoms with Gasteiger partial charge in [0.15, 0.2) is 0 Å². The molecular weight excluding hydrogens is 230 g/mol. The van der Waals surface area contributed by atoms with Gasteiger partial charge in [-0.05, 0) is 31.0 Å². The molecule has 96 valence electrons. The number of hydrogen-bond donors (Lipinski definition) is 1. The van der Waals surface area contributed by atoms with Crippen LogP contribution in [0.25, 0.3) is 0 Å². The summed E-state index contributed by atoms with van der Waals surface area (Å²) in [5.74, 6) is 0.454. The lowest BCUT2D eigenvalue weighted by Gasteiger charge is -2.20. The molecule has 0 aliphatic rings. The molecule has 0 radical (unpaired) electrons. The van der Waals surface area contributed by atoms with Crippen molar-refractivity contribution in [1.29, 1.82) is 5.26 Å². The molecule has 1 unspecified atom stereocenters. The van der Waals surface area contributed by atoms with Crippen LogP contribution in [0.4, 0.5) is 5.69 Å². The number of likely N-dealkylation sites (N-methyl/N-ethyl adjacent to an activating group) is 1. The SMILES string of the molecule is CNC(Cc1ccc([N+](=O)[O-])c(C#N)c1)C(C)C. The van der Waals surface area contributed by atoms with Gasteiger partial charge in [-0.3, -0.25) is 10.1 Å². The van der Waals surface area contributed by atoms with Gasteiger partial charge in [-0.2, -0.15) is 5.26 Å². The summed E-state index contributed by atoms with van der Waals surface area (Å²) >= 11 is 0. The van der Waals surface area contributed by atoms with Gasteiger partial charge in [-0.25, -0.2) is 0 Å². The number of nitriles is 1. The molecule has 0 fully saturated rings. The first-order valence-corrected chi connectivity index (χ1v) is 5.84.